The summed E-state index contributed by atoms with van der Waals surface area (Å²) in [6.07, 6.45) is 11.1. The molecule has 5 nitrogen and oxygen atoms in total. The van der Waals surface area contributed by atoms with Crippen LogP contribution in [0, 0.1) is 17.2 Å². The Morgan fingerprint density at radius 3 is 2.70 bits per heavy atom. The van der Waals surface area contributed by atoms with Crippen LogP contribution >= 0.6 is 12.6 Å². The summed E-state index contributed by atoms with van der Waals surface area (Å²) in [6, 6.07) is 2.49. The molecule has 7 heteroatoms. The number of nitriles is 1. The number of rotatable bonds is 7. The number of nitrogens with zero attached hydrogens (tertiary/aromatic N) is 3. The topological polar surface area (TPSA) is 60.1 Å². The third-order valence-corrected chi connectivity index (χ3v) is 6.82. The number of aromatic nitrogens is 2. The van der Waals surface area contributed by atoms with Gasteiger partial charge in [0.2, 0.25) is 0 Å². The molecule has 0 bridgehead atoms. The summed E-state index contributed by atoms with van der Waals surface area (Å²) in [6.45, 7) is 8.43. The number of hydrogen-bond acceptors (Lipinski definition) is 5. The van der Waals surface area contributed by atoms with E-state index in [0.717, 1.165) is 18.3 Å². The second kappa shape index (κ2) is 8.18. The summed E-state index contributed by atoms with van der Waals surface area (Å²) < 4.78 is 14.7. The Bertz CT molecular complexity index is 681. The molecule has 0 amide bonds. The molecule has 0 aromatic carbocycles. The first kappa shape index (κ1) is 20.8. The smallest absolute Gasteiger partial charge is 0.399 e. The Labute approximate surface area is 169 Å². The van der Waals surface area contributed by atoms with Crippen LogP contribution in [-0.2, 0) is 9.31 Å². The van der Waals surface area contributed by atoms with E-state index in [1.54, 1.807) is 0 Å². The highest BCUT2D eigenvalue weighted by Gasteiger charge is 2.54. The predicted molar refractivity (Wildman–Crippen MR) is 111 cm³/mol. The lowest BCUT2D eigenvalue weighted by Gasteiger charge is -2.36. The minimum absolute atomic E-state index is 0.150. The average molecular weight is 389 g/mol. The van der Waals surface area contributed by atoms with E-state index in [0.29, 0.717) is 17.6 Å². The summed E-state index contributed by atoms with van der Waals surface area (Å²) >= 11 is 4.51. The van der Waals surface area contributed by atoms with Crippen molar-refractivity contribution in [2.45, 2.75) is 95.1 Å². The molecule has 3 atom stereocenters. The van der Waals surface area contributed by atoms with Crippen LogP contribution in [0.4, 0.5) is 0 Å². The van der Waals surface area contributed by atoms with Crippen molar-refractivity contribution in [1.82, 2.24) is 9.78 Å². The third-order valence-electron chi connectivity index (χ3n) is 6.56. The average Bonchev–Trinajstić information content (AvgIpc) is 3.32. The van der Waals surface area contributed by atoms with Crippen molar-refractivity contribution in [3.05, 3.63) is 12.4 Å². The fourth-order valence-electron chi connectivity index (χ4n) is 4.34. The molecule has 2 aliphatic rings. The van der Waals surface area contributed by atoms with Crippen LogP contribution in [0.2, 0.25) is 0 Å². The lowest BCUT2D eigenvalue weighted by Crippen LogP contribution is -2.45. The maximum Gasteiger partial charge on any atom is 0.498 e. The predicted octanol–water partition coefficient (Wildman–Crippen LogP) is 3.91. The standard InChI is InChI=1S/C20H32BN3O2S/c1-15(27)9-11-20(4)19(2,3)25-21(26-20)17-13-23-24(14-17)18(10-12-22)16-7-5-6-8-16/h13-16,18,27H,5-11H2,1-4H3. The summed E-state index contributed by atoms with van der Waals surface area (Å²) in [7, 11) is -0.416. The SMILES string of the molecule is CC(S)CCC1(C)OB(c2cnn(C(CC#N)C3CCCC3)c2)OC1(C)C. The van der Waals surface area contributed by atoms with E-state index < -0.39 is 7.12 Å². The van der Waals surface area contributed by atoms with Crippen molar-refractivity contribution in [3.63, 3.8) is 0 Å². The molecular weight excluding hydrogens is 357 g/mol. The van der Waals surface area contributed by atoms with Gasteiger partial charge in [0.15, 0.2) is 0 Å². The van der Waals surface area contributed by atoms with Crippen LogP contribution in [0.25, 0.3) is 0 Å². The van der Waals surface area contributed by atoms with Gasteiger partial charge in [-0.3, -0.25) is 4.68 Å². The normalized spacial score (nSPS) is 27.6. The first-order valence-corrected chi connectivity index (χ1v) is 10.7. The zero-order valence-corrected chi connectivity index (χ0v) is 17.9. The van der Waals surface area contributed by atoms with Gasteiger partial charge in [-0.2, -0.15) is 23.0 Å². The lowest BCUT2D eigenvalue weighted by molar-refractivity contribution is -0.0166. The van der Waals surface area contributed by atoms with Crippen molar-refractivity contribution < 1.29 is 9.31 Å². The van der Waals surface area contributed by atoms with Gasteiger partial charge in [0.1, 0.15) is 0 Å². The summed E-state index contributed by atoms with van der Waals surface area (Å²) in [5, 5.41) is 14.2. The van der Waals surface area contributed by atoms with Gasteiger partial charge >= 0.3 is 7.12 Å². The lowest BCUT2D eigenvalue weighted by atomic mass is 9.81. The molecule has 3 unspecified atom stereocenters. The van der Waals surface area contributed by atoms with Gasteiger partial charge in [0, 0.05) is 17.9 Å². The van der Waals surface area contributed by atoms with Gasteiger partial charge in [-0.15, -0.1) is 0 Å². The van der Waals surface area contributed by atoms with E-state index in [9.17, 15) is 5.26 Å². The first-order chi connectivity index (χ1) is 12.8. The molecule has 1 aliphatic heterocycles. The van der Waals surface area contributed by atoms with Gasteiger partial charge in [-0.05, 0) is 57.6 Å². The van der Waals surface area contributed by atoms with E-state index in [1.807, 2.05) is 17.1 Å². The summed E-state index contributed by atoms with van der Waals surface area (Å²) in [5.41, 5.74) is 0.181. The maximum atomic E-state index is 9.27. The van der Waals surface area contributed by atoms with Crippen LogP contribution in [-0.4, -0.2) is 33.4 Å². The van der Waals surface area contributed by atoms with E-state index >= 15 is 0 Å². The molecule has 0 N–H and O–H groups in total. The molecule has 2 fully saturated rings. The maximum absolute atomic E-state index is 9.27. The van der Waals surface area contributed by atoms with Crippen molar-refractivity contribution in [3.8, 4) is 6.07 Å². The fraction of sp³-hybridized carbons (Fsp3) is 0.800. The molecule has 1 saturated heterocycles. The third kappa shape index (κ3) is 4.39. The summed E-state index contributed by atoms with van der Waals surface area (Å²) in [4.78, 5) is 0. The van der Waals surface area contributed by atoms with Gasteiger partial charge in [-0.1, -0.05) is 19.8 Å². The minimum atomic E-state index is -0.416. The molecule has 0 radical (unpaired) electrons. The molecule has 27 heavy (non-hydrogen) atoms. The highest BCUT2D eigenvalue weighted by molar-refractivity contribution is 7.80. The highest BCUT2D eigenvalue weighted by atomic mass is 32.1. The van der Waals surface area contributed by atoms with Crippen LogP contribution in [0.3, 0.4) is 0 Å². The van der Waals surface area contributed by atoms with E-state index in [4.69, 9.17) is 9.31 Å². The Morgan fingerprint density at radius 2 is 2.07 bits per heavy atom. The Balaban J connectivity index is 1.75. The minimum Gasteiger partial charge on any atom is -0.399 e. The van der Waals surface area contributed by atoms with Crippen LogP contribution in [0.5, 0.6) is 0 Å². The van der Waals surface area contributed by atoms with Gasteiger partial charge in [0.25, 0.3) is 0 Å². The molecule has 148 valence electrons. The van der Waals surface area contributed by atoms with E-state index in [2.05, 4.69) is 51.5 Å². The van der Waals surface area contributed by atoms with Crippen molar-refractivity contribution in [2.75, 3.05) is 0 Å². The zero-order valence-electron chi connectivity index (χ0n) is 17.0. The largest absolute Gasteiger partial charge is 0.498 e. The number of hydrogen-bond donors (Lipinski definition) is 1. The van der Waals surface area contributed by atoms with Gasteiger partial charge < -0.3 is 9.31 Å². The Morgan fingerprint density at radius 1 is 1.37 bits per heavy atom. The van der Waals surface area contributed by atoms with Crippen LogP contribution < -0.4 is 5.46 Å². The van der Waals surface area contributed by atoms with Gasteiger partial charge in [0.05, 0.1) is 29.7 Å². The first-order valence-electron chi connectivity index (χ1n) is 10.2. The van der Waals surface area contributed by atoms with E-state index in [-0.39, 0.29) is 17.2 Å². The van der Waals surface area contributed by atoms with Gasteiger partial charge in [-0.25, -0.2) is 0 Å². The molecule has 1 aromatic rings. The van der Waals surface area contributed by atoms with E-state index in [1.165, 1.54) is 25.7 Å². The van der Waals surface area contributed by atoms with Crippen molar-refractivity contribution >= 4 is 25.2 Å². The molecule has 1 saturated carbocycles. The van der Waals surface area contributed by atoms with Crippen molar-refractivity contribution in [2.24, 2.45) is 5.92 Å². The summed E-state index contributed by atoms with van der Waals surface area (Å²) in [5.74, 6) is 0.543. The molecule has 1 aromatic heterocycles. The number of thiol groups is 1. The van der Waals surface area contributed by atoms with Crippen LogP contribution in [0.15, 0.2) is 12.4 Å². The molecular formula is C20H32BN3O2S. The highest BCUT2D eigenvalue weighted by Crippen LogP contribution is 2.41. The molecule has 0 spiro atoms. The Hall–Kier alpha value is -0.965. The molecule has 2 heterocycles. The van der Waals surface area contributed by atoms with Crippen molar-refractivity contribution in [1.29, 1.82) is 5.26 Å². The quantitative estimate of drug-likeness (QED) is 0.568. The Kier molecular flexibility index (Phi) is 6.29. The zero-order chi connectivity index (χ0) is 19.7. The van der Waals surface area contributed by atoms with Crippen LogP contribution in [0.1, 0.15) is 78.7 Å². The second-order valence-electron chi connectivity index (χ2n) is 8.92. The molecule has 3 rings (SSSR count). The second-order valence-corrected chi connectivity index (χ2v) is 9.81. The monoisotopic (exact) mass is 389 g/mol. The molecule has 1 aliphatic carbocycles. The fourth-order valence-corrected chi connectivity index (χ4v) is 4.47.